The van der Waals surface area contributed by atoms with Gasteiger partial charge in [0.05, 0.1) is 12.7 Å². The Labute approximate surface area is 101 Å². The van der Waals surface area contributed by atoms with Crippen molar-refractivity contribution in [3.63, 3.8) is 0 Å². The van der Waals surface area contributed by atoms with Gasteiger partial charge in [-0.25, -0.2) is 0 Å². The van der Waals surface area contributed by atoms with E-state index in [-0.39, 0.29) is 11.5 Å². The van der Waals surface area contributed by atoms with E-state index in [1.54, 1.807) is 7.11 Å². The summed E-state index contributed by atoms with van der Waals surface area (Å²) in [4.78, 5) is 2.35. The average Bonchev–Trinajstić information content (AvgIpc) is 2.15. The zero-order valence-electron chi connectivity index (χ0n) is 11.8. The molecule has 1 atom stereocenters. The van der Waals surface area contributed by atoms with Crippen molar-refractivity contribution in [3.05, 3.63) is 0 Å². The molecule has 0 aromatic carbocycles. The predicted molar refractivity (Wildman–Crippen MR) is 68.7 cm³/mol. The number of nitrogens with zero attached hydrogens (tertiary/aromatic N) is 1. The quantitative estimate of drug-likeness (QED) is 0.728. The molecule has 0 bridgehead atoms. The number of hydrogen-bond acceptors (Lipinski definition) is 3. The molecule has 0 aliphatic rings. The lowest BCUT2D eigenvalue weighted by Gasteiger charge is -2.31. The van der Waals surface area contributed by atoms with Gasteiger partial charge >= 0.3 is 0 Å². The Hall–Kier alpha value is -0.120. The predicted octanol–water partition coefficient (Wildman–Crippen LogP) is 2.14. The molecule has 0 fully saturated rings. The van der Waals surface area contributed by atoms with Crippen LogP contribution in [0.15, 0.2) is 0 Å². The highest BCUT2D eigenvalue weighted by Gasteiger charge is 2.22. The smallest absolute Gasteiger partial charge is 0.0600 e. The average molecular weight is 231 g/mol. The standard InChI is InChI=1S/C13H29NO2/c1-11(2)14(9-10-16-6)8-7-12(15)13(3,4)5/h11-12,15H,7-10H2,1-6H3. The zero-order valence-corrected chi connectivity index (χ0v) is 11.8. The van der Waals surface area contributed by atoms with E-state index >= 15 is 0 Å². The first-order chi connectivity index (χ1) is 7.29. The molecule has 1 N–H and O–H groups in total. The number of methoxy groups -OCH3 is 1. The van der Waals surface area contributed by atoms with E-state index in [0.717, 1.165) is 26.1 Å². The summed E-state index contributed by atoms with van der Waals surface area (Å²) >= 11 is 0. The number of aliphatic hydroxyl groups excluding tert-OH is 1. The molecule has 0 spiro atoms. The van der Waals surface area contributed by atoms with E-state index in [1.165, 1.54) is 0 Å². The van der Waals surface area contributed by atoms with Crippen LogP contribution in [-0.4, -0.2) is 49.0 Å². The molecule has 0 aliphatic heterocycles. The van der Waals surface area contributed by atoms with Crippen molar-refractivity contribution in [3.8, 4) is 0 Å². The molecule has 98 valence electrons. The van der Waals surface area contributed by atoms with Crippen LogP contribution in [0.3, 0.4) is 0 Å². The van der Waals surface area contributed by atoms with Gasteiger partial charge in [0.25, 0.3) is 0 Å². The summed E-state index contributed by atoms with van der Waals surface area (Å²) in [6.45, 7) is 13.2. The fraction of sp³-hybridized carbons (Fsp3) is 1.00. The minimum absolute atomic E-state index is 0.0239. The van der Waals surface area contributed by atoms with E-state index < -0.39 is 0 Å². The molecule has 16 heavy (non-hydrogen) atoms. The number of rotatable bonds is 7. The van der Waals surface area contributed by atoms with Gasteiger partial charge in [-0.15, -0.1) is 0 Å². The second-order valence-electron chi connectivity index (χ2n) is 5.79. The summed E-state index contributed by atoms with van der Waals surface area (Å²) in [5.74, 6) is 0. The molecule has 0 radical (unpaired) electrons. The summed E-state index contributed by atoms with van der Waals surface area (Å²) in [7, 11) is 1.72. The third kappa shape index (κ3) is 6.46. The highest BCUT2D eigenvalue weighted by atomic mass is 16.5. The summed E-state index contributed by atoms with van der Waals surface area (Å²) in [6.07, 6.45) is 0.585. The number of aliphatic hydroxyl groups is 1. The lowest BCUT2D eigenvalue weighted by molar-refractivity contribution is 0.0381. The molecular formula is C13H29NO2. The van der Waals surface area contributed by atoms with Gasteiger partial charge in [0.15, 0.2) is 0 Å². The summed E-state index contributed by atoms with van der Waals surface area (Å²) in [6, 6.07) is 0.502. The van der Waals surface area contributed by atoms with Crippen LogP contribution in [-0.2, 0) is 4.74 Å². The van der Waals surface area contributed by atoms with E-state index in [1.807, 2.05) is 0 Å². The van der Waals surface area contributed by atoms with Crippen molar-refractivity contribution in [2.75, 3.05) is 26.8 Å². The van der Waals surface area contributed by atoms with Crippen molar-refractivity contribution in [2.45, 2.75) is 53.2 Å². The Morgan fingerprint density at radius 1 is 1.19 bits per heavy atom. The normalized spacial score (nSPS) is 14.8. The van der Waals surface area contributed by atoms with Crippen LogP contribution < -0.4 is 0 Å². The molecular weight excluding hydrogens is 202 g/mol. The highest BCUT2D eigenvalue weighted by Crippen LogP contribution is 2.21. The molecule has 3 heteroatoms. The Kier molecular flexibility index (Phi) is 7.20. The monoisotopic (exact) mass is 231 g/mol. The van der Waals surface area contributed by atoms with Gasteiger partial charge in [-0.05, 0) is 25.7 Å². The number of hydrogen-bond donors (Lipinski definition) is 1. The molecule has 0 aliphatic carbocycles. The minimum Gasteiger partial charge on any atom is -0.393 e. The maximum Gasteiger partial charge on any atom is 0.0600 e. The Morgan fingerprint density at radius 2 is 1.75 bits per heavy atom. The molecule has 0 aromatic rings. The maximum atomic E-state index is 9.98. The fourth-order valence-corrected chi connectivity index (χ4v) is 1.56. The van der Waals surface area contributed by atoms with Crippen LogP contribution in [0.1, 0.15) is 41.0 Å². The van der Waals surface area contributed by atoms with Crippen molar-refractivity contribution >= 4 is 0 Å². The third-order valence-electron chi connectivity index (χ3n) is 3.00. The van der Waals surface area contributed by atoms with Gasteiger partial charge in [0.2, 0.25) is 0 Å². The van der Waals surface area contributed by atoms with Crippen molar-refractivity contribution in [1.29, 1.82) is 0 Å². The summed E-state index contributed by atoms with van der Waals surface area (Å²) < 4.78 is 5.09. The minimum atomic E-state index is -0.240. The number of ether oxygens (including phenoxy) is 1. The van der Waals surface area contributed by atoms with Gasteiger partial charge < -0.3 is 9.84 Å². The van der Waals surface area contributed by atoms with Crippen LogP contribution in [0.4, 0.5) is 0 Å². The van der Waals surface area contributed by atoms with Crippen LogP contribution >= 0.6 is 0 Å². The Morgan fingerprint density at radius 3 is 2.12 bits per heavy atom. The van der Waals surface area contributed by atoms with E-state index in [4.69, 9.17) is 4.74 Å². The summed E-state index contributed by atoms with van der Waals surface area (Å²) in [5.41, 5.74) is -0.0239. The molecule has 1 unspecified atom stereocenters. The van der Waals surface area contributed by atoms with Crippen LogP contribution in [0, 0.1) is 5.41 Å². The van der Waals surface area contributed by atoms with Gasteiger partial charge in [0, 0.05) is 26.2 Å². The molecule has 3 nitrogen and oxygen atoms in total. The highest BCUT2D eigenvalue weighted by molar-refractivity contribution is 4.75. The SMILES string of the molecule is COCCN(CCC(O)C(C)(C)C)C(C)C. The molecule has 0 saturated heterocycles. The summed E-state index contributed by atoms with van der Waals surface area (Å²) in [5, 5.41) is 9.98. The Balaban J connectivity index is 4.02. The van der Waals surface area contributed by atoms with Crippen LogP contribution in [0.5, 0.6) is 0 Å². The van der Waals surface area contributed by atoms with Crippen molar-refractivity contribution in [2.24, 2.45) is 5.41 Å². The second-order valence-corrected chi connectivity index (χ2v) is 5.79. The van der Waals surface area contributed by atoms with E-state index in [9.17, 15) is 5.11 Å². The molecule has 0 saturated carbocycles. The first kappa shape index (κ1) is 15.9. The van der Waals surface area contributed by atoms with Gasteiger partial charge in [-0.2, -0.15) is 0 Å². The lowest BCUT2D eigenvalue weighted by atomic mass is 9.87. The molecule has 0 amide bonds. The Bertz CT molecular complexity index is 175. The zero-order chi connectivity index (χ0) is 12.8. The first-order valence-electron chi connectivity index (χ1n) is 6.20. The van der Waals surface area contributed by atoms with Gasteiger partial charge in [0.1, 0.15) is 0 Å². The van der Waals surface area contributed by atoms with E-state index in [0.29, 0.717) is 6.04 Å². The van der Waals surface area contributed by atoms with Crippen LogP contribution in [0.25, 0.3) is 0 Å². The lowest BCUT2D eigenvalue weighted by Crippen LogP contribution is -2.38. The second kappa shape index (κ2) is 7.25. The fourth-order valence-electron chi connectivity index (χ4n) is 1.56. The largest absolute Gasteiger partial charge is 0.393 e. The van der Waals surface area contributed by atoms with Gasteiger partial charge in [-0.1, -0.05) is 20.8 Å². The molecule has 0 aromatic heterocycles. The maximum absolute atomic E-state index is 9.98. The van der Waals surface area contributed by atoms with Crippen molar-refractivity contribution in [1.82, 2.24) is 4.90 Å². The molecule has 0 rings (SSSR count). The van der Waals surface area contributed by atoms with Crippen LogP contribution in [0.2, 0.25) is 0 Å². The third-order valence-corrected chi connectivity index (χ3v) is 3.00. The topological polar surface area (TPSA) is 32.7 Å². The first-order valence-corrected chi connectivity index (χ1v) is 6.20. The van der Waals surface area contributed by atoms with Gasteiger partial charge in [-0.3, -0.25) is 4.90 Å². The molecule has 0 heterocycles. The van der Waals surface area contributed by atoms with Crippen molar-refractivity contribution < 1.29 is 9.84 Å². The van der Waals surface area contributed by atoms with E-state index in [2.05, 4.69) is 39.5 Å².